The predicted molar refractivity (Wildman–Crippen MR) is 115 cm³/mol. The Morgan fingerprint density at radius 3 is 2.48 bits per heavy atom. The Kier molecular flexibility index (Phi) is 5.06. The second-order valence-corrected chi connectivity index (χ2v) is 8.36. The number of hydrogen-bond donors (Lipinski definition) is 0. The molecule has 2 aliphatic rings. The summed E-state index contributed by atoms with van der Waals surface area (Å²) in [6, 6.07) is 18.7. The van der Waals surface area contributed by atoms with E-state index in [9.17, 15) is 4.79 Å². The van der Waals surface area contributed by atoms with Crippen LogP contribution in [-0.2, 0) is 13.0 Å². The van der Waals surface area contributed by atoms with Crippen molar-refractivity contribution in [1.82, 2.24) is 19.6 Å². The molecule has 0 bridgehead atoms. The van der Waals surface area contributed by atoms with Gasteiger partial charge >= 0.3 is 0 Å². The molecule has 1 saturated heterocycles. The van der Waals surface area contributed by atoms with Crippen molar-refractivity contribution in [3.05, 3.63) is 65.9 Å². The Morgan fingerprint density at radius 2 is 1.66 bits per heavy atom. The fraction of sp³-hybridized carbons (Fsp3) is 0.417. The van der Waals surface area contributed by atoms with Gasteiger partial charge < -0.3 is 9.80 Å². The molecule has 0 N–H and O–H groups in total. The number of carbonyl (C=O) groups excluding carboxylic acids is 1. The quantitative estimate of drug-likeness (QED) is 0.672. The monoisotopic (exact) mass is 388 g/mol. The molecule has 2 aromatic carbocycles. The summed E-state index contributed by atoms with van der Waals surface area (Å²) in [4.78, 5) is 17.8. The number of benzene rings is 2. The molecular weight excluding hydrogens is 360 g/mol. The van der Waals surface area contributed by atoms with E-state index in [0.29, 0.717) is 5.92 Å². The predicted octanol–water partition coefficient (Wildman–Crippen LogP) is 3.45. The number of piperidine rings is 1. The van der Waals surface area contributed by atoms with Crippen LogP contribution in [0.2, 0.25) is 0 Å². The van der Waals surface area contributed by atoms with E-state index >= 15 is 0 Å². The molecule has 1 amide bonds. The largest absolute Gasteiger partial charge is 0.335 e. The summed E-state index contributed by atoms with van der Waals surface area (Å²) in [6.45, 7) is 5.86. The highest BCUT2D eigenvalue weighted by atomic mass is 16.2. The minimum absolute atomic E-state index is 0.149. The summed E-state index contributed by atoms with van der Waals surface area (Å²) in [5.74, 6) is 0.754. The SMILES string of the molecule is O=C1c2c3ccccc3nn2CCN1CC1CCN(CCc2ccccc2)CC1. The first-order chi connectivity index (χ1) is 14.3. The Balaban J connectivity index is 1.16. The van der Waals surface area contributed by atoms with Crippen molar-refractivity contribution in [2.45, 2.75) is 25.8 Å². The van der Waals surface area contributed by atoms with Gasteiger partial charge in [-0.3, -0.25) is 9.48 Å². The normalized spacial score (nSPS) is 18.3. The molecule has 0 atom stereocenters. The van der Waals surface area contributed by atoms with Crippen LogP contribution in [0.1, 0.15) is 28.9 Å². The number of amides is 1. The Hall–Kier alpha value is -2.66. The summed E-state index contributed by atoms with van der Waals surface area (Å²) in [5, 5.41) is 5.59. The van der Waals surface area contributed by atoms with Crippen LogP contribution in [0.25, 0.3) is 10.9 Å². The molecule has 0 unspecified atom stereocenters. The van der Waals surface area contributed by atoms with E-state index in [1.165, 1.54) is 18.4 Å². The number of hydrogen-bond acceptors (Lipinski definition) is 3. The molecule has 1 fully saturated rings. The summed E-state index contributed by atoms with van der Waals surface area (Å²) < 4.78 is 1.90. The zero-order chi connectivity index (χ0) is 19.6. The molecule has 5 nitrogen and oxygen atoms in total. The summed E-state index contributed by atoms with van der Waals surface area (Å²) in [7, 11) is 0. The van der Waals surface area contributed by atoms with Gasteiger partial charge in [-0.1, -0.05) is 48.5 Å². The van der Waals surface area contributed by atoms with E-state index in [1.807, 2.05) is 28.9 Å². The molecule has 2 aliphatic heterocycles. The number of rotatable bonds is 5. The first-order valence-electron chi connectivity index (χ1n) is 10.8. The molecule has 5 heteroatoms. The summed E-state index contributed by atoms with van der Waals surface area (Å²) in [6.07, 6.45) is 3.48. The van der Waals surface area contributed by atoms with Crippen molar-refractivity contribution >= 4 is 16.8 Å². The van der Waals surface area contributed by atoms with Crippen molar-refractivity contribution in [1.29, 1.82) is 0 Å². The van der Waals surface area contributed by atoms with Gasteiger partial charge in [0.2, 0.25) is 0 Å². The molecule has 150 valence electrons. The van der Waals surface area contributed by atoms with Crippen LogP contribution >= 0.6 is 0 Å². The lowest BCUT2D eigenvalue weighted by atomic mass is 9.95. The zero-order valence-corrected chi connectivity index (χ0v) is 16.8. The third-order valence-electron chi connectivity index (χ3n) is 6.46. The van der Waals surface area contributed by atoms with Gasteiger partial charge in [0.05, 0.1) is 12.1 Å². The molecule has 3 heterocycles. The highest BCUT2D eigenvalue weighted by Crippen LogP contribution is 2.25. The average Bonchev–Trinajstić information content (AvgIpc) is 3.15. The summed E-state index contributed by atoms with van der Waals surface area (Å²) in [5.41, 5.74) is 3.11. The maximum Gasteiger partial charge on any atom is 0.272 e. The van der Waals surface area contributed by atoms with Crippen LogP contribution in [0.5, 0.6) is 0 Å². The van der Waals surface area contributed by atoms with E-state index in [0.717, 1.165) is 62.3 Å². The molecular formula is C24H28N4O. The van der Waals surface area contributed by atoms with Crippen LogP contribution in [0, 0.1) is 5.92 Å². The first kappa shape index (κ1) is 18.4. The third-order valence-corrected chi connectivity index (χ3v) is 6.46. The van der Waals surface area contributed by atoms with Crippen LogP contribution in [0.15, 0.2) is 54.6 Å². The van der Waals surface area contributed by atoms with Gasteiger partial charge in [0.1, 0.15) is 5.69 Å². The van der Waals surface area contributed by atoms with Crippen molar-refractivity contribution < 1.29 is 4.79 Å². The van der Waals surface area contributed by atoms with Gasteiger partial charge in [-0.2, -0.15) is 5.10 Å². The van der Waals surface area contributed by atoms with E-state index in [1.54, 1.807) is 0 Å². The molecule has 0 aliphatic carbocycles. The lowest BCUT2D eigenvalue weighted by Crippen LogP contribution is -2.45. The number of fused-ring (bicyclic) bond motifs is 3. The fourth-order valence-corrected chi connectivity index (χ4v) is 4.74. The van der Waals surface area contributed by atoms with E-state index in [2.05, 4.69) is 45.2 Å². The minimum Gasteiger partial charge on any atom is -0.335 e. The lowest BCUT2D eigenvalue weighted by Gasteiger charge is -2.36. The second-order valence-electron chi connectivity index (χ2n) is 8.36. The first-order valence-corrected chi connectivity index (χ1v) is 10.8. The third kappa shape index (κ3) is 3.79. The molecule has 5 rings (SSSR count). The number of carbonyl (C=O) groups is 1. The highest BCUT2D eigenvalue weighted by molar-refractivity contribution is 6.05. The smallest absolute Gasteiger partial charge is 0.272 e. The van der Waals surface area contributed by atoms with Gasteiger partial charge in [-0.05, 0) is 49.9 Å². The fourth-order valence-electron chi connectivity index (χ4n) is 4.74. The number of likely N-dealkylation sites (tertiary alicyclic amines) is 1. The Morgan fingerprint density at radius 1 is 0.897 bits per heavy atom. The van der Waals surface area contributed by atoms with Gasteiger partial charge in [-0.25, -0.2) is 0 Å². The zero-order valence-electron chi connectivity index (χ0n) is 16.8. The molecule has 29 heavy (non-hydrogen) atoms. The van der Waals surface area contributed by atoms with Crippen molar-refractivity contribution in [2.24, 2.45) is 5.92 Å². The molecule has 0 radical (unpaired) electrons. The van der Waals surface area contributed by atoms with Gasteiger partial charge in [-0.15, -0.1) is 0 Å². The standard InChI is InChI=1S/C24H28N4O/c29-24-23-21-8-4-5-9-22(21)25-28(23)17-16-27(24)18-20-11-14-26(15-12-20)13-10-19-6-2-1-3-7-19/h1-9,20H,10-18H2. The van der Waals surface area contributed by atoms with E-state index < -0.39 is 0 Å². The second kappa shape index (κ2) is 7.99. The Labute approximate surface area is 171 Å². The van der Waals surface area contributed by atoms with Crippen molar-refractivity contribution in [2.75, 3.05) is 32.7 Å². The number of aromatic nitrogens is 2. The Bertz CT molecular complexity index is 989. The average molecular weight is 389 g/mol. The molecule has 1 aromatic heterocycles. The van der Waals surface area contributed by atoms with Crippen molar-refractivity contribution in [3.63, 3.8) is 0 Å². The maximum atomic E-state index is 13.1. The van der Waals surface area contributed by atoms with Crippen molar-refractivity contribution in [3.8, 4) is 0 Å². The van der Waals surface area contributed by atoms with E-state index in [4.69, 9.17) is 0 Å². The van der Waals surface area contributed by atoms with Crippen LogP contribution in [-0.4, -0.2) is 58.2 Å². The van der Waals surface area contributed by atoms with E-state index in [-0.39, 0.29) is 5.91 Å². The lowest BCUT2D eigenvalue weighted by molar-refractivity contribution is 0.0630. The summed E-state index contributed by atoms with van der Waals surface area (Å²) >= 11 is 0. The topological polar surface area (TPSA) is 41.4 Å². The maximum absolute atomic E-state index is 13.1. The highest BCUT2D eigenvalue weighted by Gasteiger charge is 2.30. The van der Waals surface area contributed by atoms with Gasteiger partial charge in [0.15, 0.2) is 0 Å². The van der Waals surface area contributed by atoms with Crippen LogP contribution < -0.4 is 0 Å². The number of nitrogens with zero attached hydrogens (tertiary/aromatic N) is 4. The molecule has 3 aromatic rings. The molecule has 0 saturated carbocycles. The molecule has 0 spiro atoms. The minimum atomic E-state index is 0.149. The van der Waals surface area contributed by atoms with Gasteiger partial charge in [0, 0.05) is 25.0 Å². The van der Waals surface area contributed by atoms with Crippen LogP contribution in [0.3, 0.4) is 0 Å². The van der Waals surface area contributed by atoms with Gasteiger partial charge in [0.25, 0.3) is 5.91 Å². The van der Waals surface area contributed by atoms with Crippen LogP contribution in [0.4, 0.5) is 0 Å².